The second-order valence-electron chi connectivity index (χ2n) is 7.61. The summed E-state index contributed by atoms with van der Waals surface area (Å²) in [5.74, 6) is 1.53. The molecule has 1 aliphatic rings. The molecule has 0 aromatic carbocycles. The summed E-state index contributed by atoms with van der Waals surface area (Å²) in [5.41, 5.74) is 4.56. The lowest BCUT2D eigenvalue weighted by molar-refractivity contribution is 0.602. The lowest BCUT2D eigenvalue weighted by atomic mass is 9.96. The van der Waals surface area contributed by atoms with E-state index >= 15 is 0 Å². The van der Waals surface area contributed by atoms with Crippen molar-refractivity contribution in [1.82, 2.24) is 9.97 Å². The molecule has 1 N–H and O–H groups in total. The fourth-order valence-electron chi connectivity index (χ4n) is 3.90. The quantitative estimate of drug-likeness (QED) is 0.385. The lowest BCUT2D eigenvalue weighted by Crippen LogP contribution is -2.13. The number of allylic oxidation sites excluding steroid dienone is 2. The first-order valence-corrected chi connectivity index (χ1v) is 10.6. The average Bonchev–Trinajstić information content (AvgIpc) is 3.21. The van der Waals surface area contributed by atoms with E-state index in [2.05, 4.69) is 47.6 Å². The molecule has 0 bridgehead atoms. The molecule has 1 unspecified atom stereocenters. The molecule has 4 heteroatoms. The maximum atomic E-state index is 5.34. The van der Waals surface area contributed by atoms with Gasteiger partial charge < -0.3 is 9.73 Å². The maximum Gasteiger partial charge on any atom is 0.225 e. The van der Waals surface area contributed by atoms with E-state index in [0.29, 0.717) is 11.6 Å². The van der Waals surface area contributed by atoms with E-state index in [1.54, 1.807) is 6.26 Å². The molecule has 3 aromatic rings. The van der Waals surface area contributed by atoms with Crippen LogP contribution in [0, 0.1) is 0 Å². The number of fused-ring (bicyclic) bond motifs is 2. The molecule has 0 fully saturated rings. The smallest absolute Gasteiger partial charge is 0.225 e. The molecular weight excluding hydrogens is 346 g/mol. The number of furan rings is 1. The van der Waals surface area contributed by atoms with Gasteiger partial charge in [-0.2, -0.15) is 0 Å². The topological polar surface area (TPSA) is 51.0 Å². The molecule has 0 amide bonds. The number of nitrogens with zero attached hydrogens (tertiary/aromatic N) is 2. The van der Waals surface area contributed by atoms with Crippen molar-refractivity contribution >= 4 is 16.9 Å². The maximum absolute atomic E-state index is 5.34. The standard InChI is InChI=1S/C24H29N3O/c1-2-18(21-16-20-13-15-28-24(20)26-17-21)8-5-3-4-6-10-22-12-11-19-9-7-14-25-23(19)27-22/h5,8,11-13,15-18H,2-4,6-7,9-10,14H2,1H3,(H,25,27)/b8-5+. The second kappa shape index (κ2) is 9.05. The molecule has 4 nitrogen and oxygen atoms in total. The van der Waals surface area contributed by atoms with Crippen LogP contribution in [0.25, 0.3) is 11.1 Å². The van der Waals surface area contributed by atoms with Gasteiger partial charge in [0.05, 0.1) is 6.26 Å². The average molecular weight is 376 g/mol. The number of hydrogen-bond acceptors (Lipinski definition) is 4. The van der Waals surface area contributed by atoms with Crippen LogP contribution in [0.2, 0.25) is 0 Å². The van der Waals surface area contributed by atoms with Crippen LogP contribution in [0.4, 0.5) is 5.82 Å². The largest absolute Gasteiger partial charge is 0.446 e. The monoisotopic (exact) mass is 375 g/mol. The number of nitrogens with one attached hydrogen (secondary N) is 1. The Labute approximate surface area is 167 Å². The molecule has 4 heterocycles. The summed E-state index contributed by atoms with van der Waals surface area (Å²) in [7, 11) is 0. The normalized spacial score (nSPS) is 14.9. The summed E-state index contributed by atoms with van der Waals surface area (Å²) in [6.45, 7) is 3.28. The summed E-state index contributed by atoms with van der Waals surface area (Å²) >= 11 is 0. The van der Waals surface area contributed by atoms with Gasteiger partial charge >= 0.3 is 0 Å². The molecule has 3 aromatic heterocycles. The van der Waals surface area contributed by atoms with Crippen molar-refractivity contribution in [3.8, 4) is 0 Å². The molecule has 1 aliphatic heterocycles. The molecule has 146 valence electrons. The van der Waals surface area contributed by atoms with E-state index in [0.717, 1.165) is 43.4 Å². The summed E-state index contributed by atoms with van der Waals surface area (Å²) in [6, 6.07) is 8.63. The SMILES string of the molecule is CCC(/C=C/CCCCc1ccc2c(n1)NCCC2)c1cnc2occc2c1. The minimum absolute atomic E-state index is 0.417. The Kier molecular flexibility index (Phi) is 6.05. The fourth-order valence-corrected chi connectivity index (χ4v) is 3.90. The van der Waals surface area contributed by atoms with Gasteiger partial charge in [0.15, 0.2) is 0 Å². The summed E-state index contributed by atoms with van der Waals surface area (Å²) in [5, 5.41) is 4.50. The van der Waals surface area contributed by atoms with Gasteiger partial charge in [0, 0.05) is 29.7 Å². The molecule has 0 radical (unpaired) electrons. The van der Waals surface area contributed by atoms with Gasteiger partial charge in [-0.25, -0.2) is 9.97 Å². The Balaban J connectivity index is 1.25. The fraction of sp³-hybridized carbons (Fsp3) is 0.417. The summed E-state index contributed by atoms with van der Waals surface area (Å²) in [6.07, 6.45) is 16.3. The first kappa shape index (κ1) is 18.7. The van der Waals surface area contributed by atoms with Crippen LogP contribution in [-0.4, -0.2) is 16.5 Å². The van der Waals surface area contributed by atoms with Crippen molar-refractivity contribution in [2.75, 3.05) is 11.9 Å². The number of unbranched alkanes of at least 4 members (excludes halogenated alkanes) is 2. The Morgan fingerprint density at radius 2 is 2.21 bits per heavy atom. The van der Waals surface area contributed by atoms with Gasteiger partial charge in [0.25, 0.3) is 0 Å². The van der Waals surface area contributed by atoms with Gasteiger partial charge in [0.2, 0.25) is 5.71 Å². The van der Waals surface area contributed by atoms with Crippen molar-refractivity contribution in [2.45, 2.75) is 57.8 Å². The highest BCUT2D eigenvalue weighted by atomic mass is 16.3. The Hall–Kier alpha value is -2.62. The number of hydrogen-bond donors (Lipinski definition) is 1. The van der Waals surface area contributed by atoms with Crippen LogP contribution in [-0.2, 0) is 12.8 Å². The van der Waals surface area contributed by atoms with Crippen molar-refractivity contribution < 1.29 is 4.42 Å². The molecule has 4 rings (SSSR count). The molecule has 0 saturated heterocycles. The van der Waals surface area contributed by atoms with Crippen LogP contribution in [0.5, 0.6) is 0 Å². The van der Waals surface area contributed by atoms with Crippen LogP contribution in [0.15, 0.2) is 53.3 Å². The highest BCUT2D eigenvalue weighted by Crippen LogP contribution is 2.25. The summed E-state index contributed by atoms with van der Waals surface area (Å²) in [4.78, 5) is 9.21. The zero-order valence-electron chi connectivity index (χ0n) is 16.7. The molecule has 0 aliphatic carbocycles. The van der Waals surface area contributed by atoms with Gasteiger partial charge in [-0.05, 0) is 74.3 Å². The number of aryl methyl sites for hydroxylation is 2. The van der Waals surface area contributed by atoms with Crippen LogP contribution in [0.3, 0.4) is 0 Å². The zero-order valence-corrected chi connectivity index (χ0v) is 16.7. The number of aromatic nitrogens is 2. The minimum atomic E-state index is 0.417. The lowest BCUT2D eigenvalue weighted by Gasteiger charge is -2.17. The van der Waals surface area contributed by atoms with E-state index in [-0.39, 0.29) is 0 Å². The predicted octanol–water partition coefficient (Wildman–Crippen LogP) is 6.04. The first-order valence-electron chi connectivity index (χ1n) is 10.6. The zero-order chi connectivity index (χ0) is 19.2. The van der Waals surface area contributed by atoms with Crippen molar-refractivity contribution in [3.63, 3.8) is 0 Å². The number of pyridine rings is 2. The Morgan fingerprint density at radius 3 is 3.14 bits per heavy atom. The van der Waals surface area contributed by atoms with E-state index in [4.69, 9.17) is 9.40 Å². The van der Waals surface area contributed by atoms with Crippen molar-refractivity contribution in [2.24, 2.45) is 0 Å². The molecule has 0 saturated carbocycles. The highest BCUT2D eigenvalue weighted by molar-refractivity contribution is 5.73. The Morgan fingerprint density at radius 1 is 1.25 bits per heavy atom. The number of anilines is 1. The van der Waals surface area contributed by atoms with Crippen molar-refractivity contribution in [3.05, 3.63) is 65.7 Å². The van der Waals surface area contributed by atoms with Gasteiger partial charge in [0.1, 0.15) is 5.82 Å². The van der Waals surface area contributed by atoms with Crippen LogP contribution >= 0.6 is 0 Å². The highest BCUT2D eigenvalue weighted by Gasteiger charge is 2.10. The number of rotatable bonds is 8. The van der Waals surface area contributed by atoms with Crippen molar-refractivity contribution in [1.29, 1.82) is 0 Å². The van der Waals surface area contributed by atoms with E-state index in [9.17, 15) is 0 Å². The van der Waals surface area contributed by atoms with E-state index in [1.165, 1.54) is 36.1 Å². The third kappa shape index (κ3) is 4.44. The molecular formula is C24H29N3O. The minimum Gasteiger partial charge on any atom is -0.446 e. The predicted molar refractivity (Wildman–Crippen MR) is 115 cm³/mol. The van der Waals surface area contributed by atoms with Crippen LogP contribution < -0.4 is 5.32 Å². The Bertz CT molecular complexity index is 944. The first-order chi connectivity index (χ1) is 13.8. The third-order valence-electron chi connectivity index (χ3n) is 5.57. The van der Waals surface area contributed by atoms with Gasteiger partial charge in [-0.15, -0.1) is 0 Å². The molecule has 1 atom stereocenters. The molecule has 28 heavy (non-hydrogen) atoms. The summed E-state index contributed by atoms with van der Waals surface area (Å²) < 4.78 is 5.34. The third-order valence-corrected chi connectivity index (χ3v) is 5.57. The van der Waals surface area contributed by atoms with Gasteiger partial charge in [-0.1, -0.05) is 25.1 Å². The second-order valence-corrected chi connectivity index (χ2v) is 7.61. The molecule has 0 spiro atoms. The van der Waals surface area contributed by atoms with E-state index < -0.39 is 0 Å². The van der Waals surface area contributed by atoms with Crippen LogP contribution in [0.1, 0.15) is 61.8 Å². The van der Waals surface area contributed by atoms with Gasteiger partial charge in [-0.3, -0.25) is 0 Å². The van der Waals surface area contributed by atoms with E-state index in [1.807, 2.05) is 12.3 Å².